The minimum atomic E-state index is -0.815. The van der Waals surface area contributed by atoms with Gasteiger partial charge < -0.3 is 16.4 Å². The van der Waals surface area contributed by atoms with E-state index in [0.717, 1.165) is 0 Å². The normalized spacial score (nSPS) is 11.3. The lowest BCUT2D eigenvalue weighted by Gasteiger charge is -2.12. The van der Waals surface area contributed by atoms with E-state index in [4.69, 9.17) is 23.8 Å². The van der Waals surface area contributed by atoms with Gasteiger partial charge in [-0.2, -0.15) is 0 Å². The second-order valence-electron chi connectivity index (χ2n) is 3.78. The van der Waals surface area contributed by atoms with Crippen molar-refractivity contribution in [2.75, 3.05) is 12.4 Å². The Morgan fingerprint density at radius 1 is 1.53 bits per heavy atom. The summed E-state index contributed by atoms with van der Waals surface area (Å²) in [5, 5.41) is 5.33. The number of carbonyl (C=O) groups excluding carboxylic acids is 2. The van der Waals surface area contributed by atoms with Crippen LogP contribution in [0.5, 0.6) is 0 Å². The van der Waals surface area contributed by atoms with E-state index in [-0.39, 0.29) is 12.3 Å². The minimum Gasteiger partial charge on any atom is -0.355 e. The molecular formula is C13H14ClN3O2. The first kappa shape index (κ1) is 15.0. The maximum atomic E-state index is 11.7. The molecule has 100 valence electrons. The zero-order valence-corrected chi connectivity index (χ0v) is 11.1. The van der Waals surface area contributed by atoms with E-state index in [1.807, 2.05) is 0 Å². The van der Waals surface area contributed by atoms with Gasteiger partial charge in [-0.25, -0.2) is 0 Å². The molecule has 1 rings (SSSR count). The average Bonchev–Trinajstić information content (AvgIpc) is 2.40. The highest BCUT2D eigenvalue weighted by Gasteiger charge is 2.15. The molecule has 4 N–H and O–H groups in total. The molecule has 0 aliphatic heterocycles. The number of hydrogen-bond acceptors (Lipinski definition) is 3. The molecule has 1 unspecified atom stereocenters. The molecule has 5 nitrogen and oxygen atoms in total. The minimum absolute atomic E-state index is 0.124. The smallest absolute Gasteiger partial charge is 0.251 e. The Hall–Kier alpha value is -2.03. The highest BCUT2D eigenvalue weighted by atomic mass is 35.5. The van der Waals surface area contributed by atoms with E-state index in [1.165, 1.54) is 19.2 Å². The van der Waals surface area contributed by atoms with Gasteiger partial charge in [0.1, 0.15) is 0 Å². The summed E-state index contributed by atoms with van der Waals surface area (Å²) in [7, 11) is 1.51. The van der Waals surface area contributed by atoms with Crippen molar-refractivity contribution in [3.8, 4) is 12.3 Å². The van der Waals surface area contributed by atoms with Gasteiger partial charge in [-0.1, -0.05) is 11.6 Å². The van der Waals surface area contributed by atoms with E-state index >= 15 is 0 Å². The van der Waals surface area contributed by atoms with Crippen LogP contribution in [0.4, 0.5) is 5.69 Å². The first-order chi connectivity index (χ1) is 8.99. The van der Waals surface area contributed by atoms with E-state index in [1.54, 1.807) is 6.07 Å². The lowest BCUT2D eigenvalue weighted by Crippen LogP contribution is -2.35. The number of hydrogen-bond donors (Lipinski definition) is 3. The van der Waals surface area contributed by atoms with Crippen LogP contribution in [-0.4, -0.2) is 24.9 Å². The topological polar surface area (TPSA) is 84.2 Å². The molecule has 0 radical (unpaired) electrons. The van der Waals surface area contributed by atoms with Gasteiger partial charge in [0.25, 0.3) is 5.91 Å². The first-order valence-corrected chi connectivity index (χ1v) is 5.89. The number of nitrogens with one attached hydrogen (secondary N) is 2. The quantitative estimate of drug-likeness (QED) is 0.719. The molecule has 0 aliphatic carbocycles. The predicted molar refractivity (Wildman–Crippen MR) is 74.9 cm³/mol. The van der Waals surface area contributed by atoms with Gasteiger partial charge in [-0.3, -0.25) is 9.59 Å². The fourth-order valence-electron chi connectivity index (χ4n) is 1.35. The third-order valence-electron chi connectivity index (χ3n) is 2.39. The number of nitrogens with two attached hydrogens (primary N) is 1. The standard InChI is InChI=1S/C13H14ClN3O2/c1-3-4-10(15)13(19)17-11-7-8(12(18)16-2)5-6-9(11)14/h1,5-7,10H,4,15H2,2H3,(H,16,18)(H,17,19). The Kier molecular flexibility index (Phi) is 5.37. The largest absolute Gasteiger partial charge is 0.355 e. The number of carbonyl (C=O) groups is 2. The summed E-state index contributed by atoms with van der Waals surface area (Å²) in [6.45, 7) is 0. The summed E-state index contributed by atoms with van der Waals surface area (Å²) < 4.78 is 0. The summed E-state index contributed by atoms with van der Waals surface area (Å²) in [5.74, 6) is 1.58. The third-order valence-corrected chi connectivity index (χ3v) is 2.72. The van der Waals surface area contributed by atoms with Crippen LogP contribution >= 0.6 is 11.6 Å². The zero-order valence-electron chi connectivity index (χ0n) is 10.4. The molecule has 0 saturated carbocycles. The number of halogens is 1. The molecule has 0 spiro atoms. The molecule has 1 aromatic rings. The number of terminal acetylenes is 1. The predicted octanol–water partition coefficient (Wildman–Crippen LogP) is 0.989. The Morgan fingerprint density at radius 2 is 2.21 bits per heavy atom. The molecule has 0 aliphatic rings. The van der Waals surface area contributed by atoms with E-state index in [0.29, 0.717) is 16.3 Å². The van der Waals surface area contributed by atoms with E-state index < -0.39 is 11.9 Å². The Labute approximate surface area is 116 Å². The van der Waals surface area contributed by atoms with Crippen LogP contribution in [0, 0.1) is 12.3 Å². The molecule has 0 heterocycles. The van der Waals surface area contributed by atoms with Gasteiger partial charge in [-0.15, -0.1) is 12.3 Å². The molecule has 1 atom stereocenters. The third kappa shape index (κ3) is 3.98. The number of amides is 2. The first-order valence-electron chi connectivity index (χ1n) is 5.51. The second-order valence-corrected chi connectivity index (χ2v) is 4.18. The molecule has 19 heavy (non-hydrogen) atoms. The molecule has 0 aromatic heterocycles. The average molecular weight is 280 g/mol. The summed E-state index contributed by atoms with van der Waals surface area (Å²) in [5.41, 5.74) is 6.27. The lowest BCUT2D eigenvalue weighted by atomic mass is 10.1. The SMILES string of the molecule is C#CCC(N)C(=O)Nc1cc(C(=O)NC)ccc1Cl. The lowest BCUT2D eigenvalue weighted by molar-refractivity contribution is -0.117. The monoisotopic (exact) mass is 279 g/mol. The summed E-state index contributed by atoms with van der Waals surface area (Å²) in [6.07, 6.45) is 5.21. The molecule has 6 heteroatoms. The fourth-order valence-corrected chi connectivity index (χ4v) is 1.52. The molecule has 2 amide bonds. The summed E-state index contributed by atoms with van der Waals surface area (Å²) in [4.78, 5) is 23.2. The Morgan fingerprint density at radius 3 is 2.79 bits per heavy atom. The van der Waals surface area contributed by atoms with Crippen molar-refractivity contribution in [3.05, 3.63) is 28.8 Å². The van der Waals surface area contributed by atoms with Crippen molar-refractivity contribution in [2.45, 2.75) is 12.5 Å². The summed E-state index contributed by atoms with van der Waals surface area (Å²) >= 11 is 5.94. The second kappa shape index (κ2) is 6.78. The van der Waals surface area contributed by atoms with Gasteiger partial charge >= 0.3 is 0 Å². The highest BCUT2D eigenvalue weighted by Crippen LogP contribution is 2.23. The van der Waals surface area contributed by atoms with Crippen molar-refractivity contribution < 1.29 is 9.59 Å². The maximum Gasteiger partial charge on any atom is 0.251 e. The Bertz CT molecular complexity index is 537. The van der Waals surface area contributed by atoms with E-state index in [2.05, 4.69) is 16.6 Å². The number of rotatable bonds is 4. The van der Waals surface area contributed by atoms with Crippen LogP contribution in [0.2, 0.25) is 5.02 Å². The molecular weight excluding hydrogens is 266 g/mol. The Balaban J connectivity index is 2.92. The van der Waals surface area contributed by atoms with Crippen molar-refractivity contribution >= 4 is 29.1 Å². The molecule has 0 saturated heterocycles. The maximum absolute atomic E-state index is 11.7. The summed E-state index contributed by atoms with van der Waals surface area (Å²) in [6, 6.07) is 3.73. The van der Waals surface area contributed by atoms with Gasteiger partial charge in [0.05, 0.1) is 16.8 Å². The van der Waals surface area contributed by atoms with Crippen molar-refractivity contribution in [2.24, 2.45) is 5.73 Å². The number of benzene rings is 1. The fraction of sp³-hybridized carbons (Fsp3) is 0.231. The van der Waals surface area contributed by atoms with Gasteiger partial charge in [0.2, 0.25) is 5.91 Å². The number of anilines is 1. The van der Waals surface area contributed by atoms with E-state index in [9.17, 15) is 9.59 Å². The van der Waals surface area contributed by atoms with Crippen LogP contribution in [0.25, 0.3) is 0 Å². The van der Waals surface area contributed by atoms with Crippen LogP contribution in [0.15, 0.2) is 18.2 Å². The van der Waals surface area contributed by atoms with Crippen molar-refractivity contribution in [1.29, 1.82) is 0 Å². The highest BCUT2D eigenvalue weighted by molar-refractivity contribution is 6.34. The van der Waals surface area contributed by atoms with Crippen LogP contribution < -0.4 is 16.4 Å². The van der Waals surface area contributed by atoms with Gasteiger partial charge in [0.15, 0.2) is 0 Å². The van der Waals surface area contributed by atoms with Crippen LogP contribution in [-0.2, 0) is 4.79 Å². The van der Waals surface area contributed by atoms with Crippen molar-refractivity contribution in [1.82, 2.24) is 5.32 Å². The molecule has 0 fully saturated rings. The van der Waals surface area contributed by atoms with Crippen LogP contribution in [0.1, 0.15) is 16.8 Å². The molecule has 1 aromatic carbocycles. The zero-order chi connectivity index (χ0) is 14.4. The van der Waals surface area contributed by atoms with Crippen molar-refractivity contribution in [3.63, 3.8) is 0 Å². The van der Waals surface area contributed by atoms with Gasteiger partial charge in [0, 0.05) is 19.0 Å². The van der Waals surface area contributed by atoms with Gasteiger partial charge in [-0.05, 0) is 18.2 Å². The molecule has 0 bridgehead atoms. The van der Waals surface area contributed by atoms with Crippen LogP contribution in [0.3, 0.4) is 0 Å².